The molecule has 2 aliphatic rings. The zero-order valence-electron chi connectivity index (χ0n) is 26.6. The quantitative estimate of drug-likeness (QED) is 0.303. The number of carbonyl (C=O) groups excluding carboxylic acids is 2. The fraction of sp³-hybridized carbons (Fsp3) is 0.485. The maximum Gasteiger partial charge on any atom is 0.410 e. The molecular formula is C33H41N7O5. The Morgan fingerprint density at radius 3 is 2.76 bits per heavy atom. The fourth-order valence-electron chi connectivity index (χ4n) is 5.87. The number of likely N-dealkylation sites (tertiary alicyclic amines) is 1. The summed E-state index contributed by atoms with van der Waals surface area (Å²) in [6.07, 6.45) is 5.41. The Balaban J connectivity index is 1.31. The van der Waals surface area contributed by atoms with E-state index in [1.54, 1.807) is 27.9 Å². The van der Waals surface area contributed by atoms with Crippen molar-refractivity contribution in [3.8, 4) is 22.9 Å². The Labute approximate surface area is 262 Å². The number of amides is 2. The van der Waals surface area contributed by atoms with Crippen LogP contribution in [0.4, 0.5) is 10.7 Å². The van der Waals surface area contributed by atoms with Gasteiger partial charge in [-0.15, -0.1) is 0 Å². The number of aryl methyl sites for hydroxylation is 3. The number of nitrogens with zero attached hydrogens (tertiary/aromatic N) is 6. The number of ether oxygens (including phenoxy) is 3. The van der Waals surface area contributed by atoms with Gasteiger partial charge in [-0.2, -0.15) is 5.10 Å². The molecule has 1 saturated heterocycles. The predicted octanol–water partition coefficient (Wildman–Crippen LogP) is 5.73. The maximum absolute atomic E-state index is 13.7. The van der Waals surface area contributed by atoms with Crippen molar-refractivity contribution in [2.45, 2.75) is 78.0 Å². The van der Waals surface area contributed by atoms with Gasteiger partial charge in [0.05, 0.1) is 36.1 Å². The number of para-hydroxylation sites is 1. The molecule has 1 N–H and O–H groups in total. The summed E-state index contributed by atoms with van der Waals surface area (Å²) in [5.41, 5.74) is 3.50. The second-order valence-electron chi connectivity index (χ2n) is 12.8. The Morgan fingerprint density at radius 1 is 1.09 bits per heavy atom. The number of carbonyl (C=O) groups is 2. The Bertz CT molecular complexity index is 1720. The molecule has 1 aromatic carbocycles. The molecule has 1 atom stereocenters. The molecule has 3 aromatic heterocycles. The highest BCUT2D eigenvalue weighted by Gasteiger charge is 2.29. The summed E-state index contributed by atoms with van der Waals surface area (Å²) in [7, 11) is 1.84. The van der Waals surface area contributed by atoms with Crippen LogP contribution in [0.3, 0.4) is 0 Å². The molecule has 12 heteroatoms. The molecule has 1 unspecified atom stereocenters. The molecule has 5 heterocycles. The zero-order chi connectivity index (χ0) is 31.7. The smallest absolute Gasteiger partial charge is 0.410 e. The van der Waals surface area contributed by atoms with Crippen molar-refractivity contribution in [1.29, 1.82) is 0 Å². The summed E-state index contributed by atoms with van der Waals surface area (Å²) >= 11 is 0. The number of hydrogen-bond donors (Lipinski definition) is 1. The summed E-state index contributed by atoms with van der Waals surface area (Å²) in [6, 6.07) is 9.27. The third-order valence-electron chi connectivity index (χ3n) is 7.92. The molecule has 4 aromatic rings. The lowest BCUT2D eigenvalue weighted by molar-refractivity contribution is 0.00790. The minimum atomic E-state index is -0.564. The van der Waals surface area contributed by atoms with E-state index in [2.05, 4.69) is 15.4 Å². The molecule has 45 heavy (non-hydrogen) atoms. The van der Waals surface area contributed by atoms with Crippen LogP contribution in [-0.2, 0) is 18.3 Å². The molecule has 12 nitrogen and oxygen atoms in total. The van der Waals surface area contributed by atoms with Crippen LogP contribution in [0.2, 0.25) is 0 Å². The topological polar surface area (TPSA) is 126 Å². The van der Waals surface area contributed by atoms with Gasteiger partial charge in [0.15, 0.2) is 0 Å². The summed E-state index contributed by atoms with van der Waals surface area (Å²) < 4.78 is 22.1. The first-order chi connectivity index (χ1) is 21.6. The minimum absolute atomic E-state index is 0.202. The predicted molar refractivity (Wildman–Crippen MR) is 170 cm³/mol. The third-order valence-corrected chi connectivity index (χ3v) is 7.92. The summed E-state index contributed by atoms with van der Waals surface area (Å²) in [4.78, 5) is 37.7. The van der Waals surface area contributed by atoms with Gasteiger partial charge in [0.1, 0.15) is 23.0 Å². The van der Waals surface area contributed by atoms with Crippen LogP contribution in [0, 0.1) is 6.92 Å². The molecule has 1 fully saturated rings. The number of imidazole rings is 1. The van der Waals surface area contributed by atoms with E-state index in [9.17, 15) is 9.59 Å². The number of anilines is 1. The monoisotopic (exact) mass is 615 g/mol. The zero-order valence-corrected chi connectivity index (χ0v) is 26.6. The van der Waals surface area contributed by atoms with E-state index in [1.807, 2.05) is 57.5 Å². The lowest BCUT2D eigenvalue weighted by Crippen LogP contribution is -2.46. The first kappa shape index (κ1) is 30.4. The highest BCUT2D eigenvalue weighted by Crippen LogP contribution is 2.33. The number of benzene rings is 1. The van der Waals surface area contributed by atoms with E-state index in [0.717, 1.165) is 48.7 Å². The third kappa shape index (κ3) is 6.74. The van der Waals surface area contributed by atoms with Crippen LogP contribution in [0.15, 0.2) is 36.5 Å². The first-order valence-corrected chi connectivity index (χ1v) is 15.6. The van der Waals surface area contributed by atoms with Gasteiger partial charge in [-0.3, -0.25) is 15.1 Å². The van der Waals surface area contributed by atoms with Crippen molar-refractivity contribution in [1.82, 2.24) is 29.2 Å². The van der Waals surface area contributed by atoms with Crippen molar-refractivity contribution in [3.05, 3.63) is 47.8 Å². The van der Waals surface area contributed by atoms with Gasteiger partial charge in [0, 0.05) is 31.4 Å². The van der Waals surface area contributed by atoms with Crippen LogP contribution in [0.1, 0.15) is 68.9 Å². The average molecular weight is 616 g/mol. The van der Waals surface area contributed by atoms with Gasteiger partial charge in [-0.25, -0.2) is 14.5 Å². The van der Waals surface area contributed by atoms with E-state index in [0.29, 0.717) is 60.8 Å². The minimum Gasteiger partial charge on any atom is -0.486 e. The van der Waals surface area contributed by atoms with Crippen LogP contribution >= 0.6 is 0 Å². The van der Waals surface area contributed by atoms with E-state index >= 15 is 0 Å². The second kappa shape index (κ2) is 12.4. The Hall–Kier alpha value is -4.61. The highest BCUT2D eigenvalue weighted by molar-refractivity contribution is 6.05. The number of pyridine rings is 1. The van der Waals surface area contributed by atoms with Crippen molar-refractivity contribution in [2.75, 3.05) is 25.0 Å². The standard InChI is InChI=1S/C33H41N7O5/c1-21-17-22-18-26(35-21)24-19-34-38(5)30(24)43-16-8-6-7-15-40-28-25(36-31(40)37-29(22)41)12-9-13-27(28)44-23-11-10-14-39(20-23)32(42)45-33(2,3)4/h9,12-13,17-19,23H,6-8,10-11,14-16,20H2,1-5H3,(H,36,37,41). The number of nitrogens with one attached hydrogen (secondary N) is 1. The van der Waals surface area contributed by atoms with Gasteiger partial charge in [-0.1, -0.05) is 6.07 Å². The number of fused-ring (bicyclic) bond motifs is 7. The van der Waals surface area contributed by atoms with E-state index in [-0.39, 0.29) is 18.1 Å². The molecule has 0 radical (unpaired) electrons. The molecule has 2 amide bonds. The molecule has 2 aliphatic heterocycles. The second-order valence-corrected chi connectivity index (χ2v) is 12.8. The maximum atomic E-state index is 13.7. The number of aromatic nitrogens is 5. The number of hydrogen-bond acceptors (Lipinski definition) is 8. The average Bonchev–Trinajstić information content (AvgIpc) is 3.53. The molecule has 238 valence electrons. The molecule has 2 bridgehead atoms. The van der Waals surface area contributed by atoms with Crippen LogP contribution in [0.25, 0.3) is 22.3 Å². The van der Waals surface area contributed by atoms with Crippen LogP contribution in [0.5, 0.6) is 11.6 Å². The van der Waals surface area contributed by atoms with E-state index in [4.69, 9.17) is 19.2 Å². The largest absolute Gasteiger partial charge is 0.486 e. The molecule has 6 rings (SSSR count). The lowest BCUT2D eigenvalue weighted by atomic mass is 10.1. The molecular weight excluding hydrogens is 574 g/mol. The Morgan fingerprint density at radius 2 is 1.93 bits per heavy atom. The van der Waals surface area contributed by atoms with Crippen LogP contribution < -0.4 is 14.8 Å². The van der Waals surface area contributed by atoms with Gasteiger partial charge in [0.25, 0.3) is 5.91 Å². The van der Waals surface area contributed by atoms with Gasteiger partial charge in [0.2, 0.25) is 11.8 Å². The lowest BCUT2D eigenvalue weighted by Gasteiger charge is -2.34. The van der Waals surface area contributed by atoms with Gasteiger partial charge >= 0.3 is 6.09 Å². The highest BCUT2D eigenvalue weighted by atomic mass is 16.6. The van der Waals surface area contributed by atoms with Crippen molar-refractivity contribution in [3.63, 3.8) is 0 Å². The normalized spacial score (nSPS) is 17.8. The van der Waals surface area contributed by atoms with E-state index in [1.165, 1.54) is 0 Å². The summed E-state index contributed by atoms with van der Waals surface area (Å²) in [5, 5.41) is 7.44. The SMILES string of the molecule is Cc1cc2cc(n1)-c1cnn(C)c1OCCCCCn1c(nc3cccc(OC4CCCN(C(=O)OC(C)(C)C)C4)c31)NC2=O. The summed E-state index contributed by atoms with van der Waals surface area (Å²) in [6.45, 7) is 9.69. The molecule has 0 spiro atoms. The van der Waals surface area contributed by atoms with Crippen molar-refractivity contribution >= 4 is 29.0 Å². The van der Waals surface area contributed by atoms with E-state index < -0.39 is 5.60 Å². The fourth-order valence-corrected chi connectivity index (χ4v) is 5.87. The van der Waals surface area contributed by atoms with Crippen molar-refractivity contribution in [2.24, 2.45) is 7.05 Å². The van der Waals surface area contributed by atoms with Crippen LogP contribution in [-0.4, -0.2) is 72.6 Å². The molecule has 0 saturated carbocycles. The van der Waals surface area contributed by atoms with Crippen molar-refractivity contribution < 1.29 is 23.8 Å². The number of piperidine rings is 1. The van der Waals surface area contributed by atoms with Gasteiger partial charge < -0.3 is 23.7 Å². The molecule has 0 aliphatic carbocycles. The number of rotatable bonds is 2. The summed E-state index contributed by atoms with van der Waals surface area (Å²) in [5.74, 6) is 1.46. The first-order valence-electron chi connectivity index (χ1n) is 15.6. The van der Waals surface area contributed by atoms with Gasteiger partial charge in [-0.05, 0) is 84.1 Å². The Kier molecular flexibility index (Phi) is 8.39.